The summed E-state index contributed by atoms with van der Waals surface area (Å²) in [5, 5.41) is 18.3. The van der Waals surface area contributed by atoms with Crippen LogP contribution in [0.15, 0.2) is 29.0 Å². The molecule has 94 valence electrons. The quantitative estimate of drug-likeness (QED) is 0.857. The standard InChI is InChI=1S/C11H12N4O2S/c1-18(16,17)10-4-2-9(3-5-10)14-11-8(6-12)7-13-15-11/h2,4,7H,3,5H2,1H3,(H2,13,14,15). The highest BCUT2D eigenvalue weighted by Gasteiger charge is 2.15. The minimum atomic E-state index is -3.11. The molecule has 6 nitrogen and oxygen atoms in total. The van der Waals surface area contributed by atoms with Crippen molar-refractivity contribution in [1.82, 2.24) is 10.2 Å². The third kappa shape index (κ3) is 2.60. The molecule has 1 aromatic rings. The summed E-state index contributed by atoms with van der Waals surface area (Å²) in [5.41, 5.74) is 1.27. The summed E-state index contributed by atoms with van der Waals surface area (Å²) in [4.78, 5) is 0.429. The SMILES string of the molecule is CS(=O)(=O)C1=CC=C(Nc2[nH]ncc2C#N)CC1. The number of allylic oxidation sites excluding steroid dienone is 4. The second-order valence-corrected chi connectivity index (χ2v) is 6.06. The lowest BCUT2D eigenvalue weighted by Crippen LogP contribution is -2.09. The number of sulfone groups is 1. The zero-order valence-corrected chi connectivity index (χ0v) is 10.6. The van der Waals surface area contributed by atoms with Gasteiger partial charge in [0.2, 0.25) is 0 Å². The molecule has 7 heteroatoms. The van der Waals surface area contributed by atoms with E-state index in [0.29, 0.717) is 29.1 Å². The third-order valence-electron chi connectivity index (χ3n) is 2.63. The Bertz CT molecular complexity index is 661. The molecule has 0 saturated carbocycles. The topological polar surface area (TPSA) is 98.6 Å². The van der Waals surface area contributed by atoms with Crippen LogP contribution in [-0.2, 0) is 9.84 Å². The van der Waals surface area contributed by atoms with E-state index in [1.54, 1.807) is 12.2 Å². The number of nitrogens with zero attached hydrogens (tertiary/aromatic N) is 2. The van der Waals surface area contributed by atoms with Gasteiger partial charge in [-0.25, -0.2) is 8.42 Å². The lowest BCUT2D eigenvalue weighted by molar-refractivity contribution is 0.605. The summed E-state index contributed by atoms with van der Waals surface area (Å²) in [6.45, 7) is 0. The molecule has 2 rings (SSSR count). The summed E-state index contributed by atoms with van der Waals surface area (Å²) in [6.07, 6.45) is 6.99. The summed E-state index contributed by atoms with van der Waals surface area (Å²) in [7, 11) is -3.11. The number of nitrogens with one attached hydrogen (secondary N) is 2. The molecule has 0 aromatic carbocycles. The summed E-state index contributed by atoms with van der Waals surface area (Å²) in [6, 6.07) is 2.00. The highest BCUT2D eigenvalue weighted by Crippen LogP contribution is 2.23. The Hall–Kier alpha value is -2.07. The third-order valence-corrected chi connectivity index (χ3v) is 3.93. The molecule has 0 radical (unpaired) electrons. The lowest BCUT2D eigenvalue weighted by Gasteiger charge is -2.14. The van der Waals surface area contributed by atoms with Crippen LogP contribution in [0.4, 0.5) is 5.82 Å². The van der Waals surface area contributed by atoms with Crippen LogP contribution in [0.1, 0.15) is 18.4 Å². The van der Waals surface area contributed by atoms with E-state index < -0.39 is 9.84 Å². The fraction of sp³-hybridized carbons (Fsp3) is 0.273. The largest absolute Gasteiger partial charge is 0.343 e. The van der Waals surface area contributed by atoms with Crippen LogP contribution >= 0.6 is 0 Å². The van der Waals surface area contributed by atoms with E-state index >= 15 is 0 Å². The van der Waals surface area contributed by atoms with Crippen LogP contribution in [0, 0.1) is 11.3 Å². The number of aromatic amines is 1. The molecule has 1 aliphatic rings. The Balaban J connectivity index is 2.17. The molecule has 0 unspecified atom stereocenters. The molecule has 0 spiro atoms. The van der Waals surface area contributed by atoms with Gasteiger partial charge in [0.1, 0.15) is 17.5 Å². The Kier molecular flexibility index (Phi) is 3.21. The molecule has 2 N–H and O–H groups in total. The molecule has 1 aromatic heterocycles. The molecule has 0 saturated heterocycles. The van der Waals surface area contributed by atoms with Crippen molar-refractivity contribution < 1.29 is 8.42 Å². The minimum absolute atomic E-state index is 0.425. The van der Waals surface area contributed by atoms with E-state index in [1.165, 1.54) is 12.5 Å². The van der Waals surface area contributed by atoms with Gasteiger partial charge in [-0.1, -0.05) is 0 Å². The molecule has 18 heavy (non-hydrogen) atoms. The average Bonchev–Trinajstić information content (AvgIpc) is 2.76. The number of nitriles is 1. The number of hydrogen-bond acceptors (Lipinski definition) is 5. The van der Waals surface area contributed by atoms with E-state index in [2.05, 4.69) is 15.5 Å². The summed E-state index contributed by atoms with van der Waals surface area (Å²) in [5.74, 6) is 0.528. The van der Waals surface area contributed by atoms with E-state index in [9.17, 15) is 8.42 Å². The van der Waals surface area contributed by atoms with Crippen molar-refractivity contribution in [3.63, 3.8) is 0 Å². The first-order valence-electron chi connectivity index (χ1n) is 5.31. The summed E-state index contributed by atoms with van der Waals surface area (Å²) < 4.78 is 22.7. The van der Waals surface area contributed by atoms with Crippen LogP contribution in [0.25, 0.3) is 0 Å². The number of hydrogen-bond donors (Lipinski definition) is 2. The second-order valence-electron chi connectivity index (χ2n) is 3.99. The molecule has 1 aliphatic carbocycles. The predicted octanol–water partition coefficient (Wildman–Crippen LogP) is 1.30. The molecule has 1 heterocycles. The van der Waals surface area contributed by atoms with Crippen LogP contribution in [0.3, 0.4) is 0 Å². The van der Waals surface area contributed by atoms with Crippen LogP contribution in [0.5, 0.6) is 0 Å². The van der Waals surface area contributed by atoms with Gasteiger partial charge in [-0.3, -0.25) is 5.10 Å². The van der Waals surface area contributed by atoms with E-state index in [0.717, 1.165) is 5.70 Å². The Labute approximate surface area is 105 Å². The van der Waals surface area contributed by atoms with Crippen molar-refractivity contribution in [1.29, 1.82) is 5.26 Å². The molecule has 0 amide bonds. The first-order chi connectivity index (χ1) is 8.50. The van der Waals surface area contributed by atoms with E-state index in [-0.39, 0.29) is 0 Å². The van der Waals surface area contributed by atoms with Gasteiger partial charge in [-0.2, -0.15) is 10.4 Å². The molecule has 0 bridgehead atoms. The van der Waals surface area contributed by atoms with E-state index in [4.69, 9.17) is 5.26 Å². The Morgan fingerprint density at radius 3 is 2.78 bits per heavy atom. The first-order valence-corrected chi connectivity index (χ1v) is 7.20. The predicted molar refractivity (Wildman–Crippen MR) is 67.2 cm³/mol. The van der Waals surface area contributed by atoms with Gasteiger partial charge in [-0.15, -0.1) is 0 Å². The number of anilines is 1. The number of aromatic nitrogens is 2. The highest BCUT2D eigenvalue weighted by atomic mass is 32.2. The second kappa shape index (κ2) is 4.66. The molecule has 0 fully saturated rings. The Morgan fingerprint density at radius 2 is 2.22 bits per heavy atom. The van der Waals surface area contributed by atoms with Crippen molar-refractivity contribution in [2.45, 2.75) is 12.8 Å². The van der Waals surface area contributed by atoms with Gasteiger partial charge in [0.15, 0.2) is 9.84 Å². The summed E-state index contributed by atoms with van der Waals surface area (Å²) >= 11 is 0. The van der Waals surface area contributed by atoms with Gasteiger partial charge in [0.25, 0.3) is 0 Å². The molecular weight excluding hydrogens is 252 g/mol. The minimum Gasteiger partial charge on any atom is -0.343 e. The average molecular weight is 264 g/mol. The fourth-order valence-corrected chi connectivity index (χ4v) is 2.45. The number of rotatable bonds is 3. The highest BCUT2D eigenvalue weighted by molar-refractivity contribution is 7.94. The Morgan fingerprint density at radius 1 is 1.44 bits per heavy atom. The van der Waals surface area contributed by atoms with Gasteiger partial charge in [0, 0.05) is 16.9 Å². The maximum Gasteiger partial charge on any atom is 0.171 e. The van der Waals surface area contributed by atoms with Gasteiger partial charge >= 0.3 is 0 Å². The van der Waals surface area contributed by atoms with Crippen molar-refractivity contribution in [3.8, 4) is 6.07 Å². The van der Waals surface area contributed by atoms with Crippen LogP contribution in [-0.4, -0.2) is 24.9 Å². The lowest BCUT2D eigenvalue weighted by atomic mass is 10.1. The maximum atomic E-state index is 11.3. The zero-order valence-electron chi connectivity index (χ0n) is 9.77. The fourth-order valence-electron chi connectivity index (χ4n) is 1.66. The normalized spacial score (nSPS) is 15.6. The van der Waals surface area contributed by atoms with Crippen molar-refractivity contribution >= 4 is 15.7 Å². The smallest absolute Gasteiger partial charge is 0.171 e. The maximum absolute atomic E-state index is 11.3. The van der Waals surface area contributed by atoms with Crippen molar-refractivity contribution in [2.75, 3.05) is 11.6 Å². The number of H-pyrrole nitrogens is 1. The van der Waals surface area contributed by atoms with Gasteiger partial charge in [0.05, 0.1) is 6.20 Å². The van der Waals surface area contributed by atoms with Crippen LogP contribution < -0.4 is 5.32 Å². The van der Waals surface area contributed by atoms with Crippen molar-refractivity contribution in [2.24, 2.45) is 0 Å². The molecular formula is C11H12N4O2S. The van der Waals surface area contributed by atoms with Crippen molar-refractivity contribution in [3.05, 3.63) is 34.5 Å². The van der Waals surface area contributed by atoms with E-state index in [1.807, 2.05) is 6.07 Å². The van der Waals surface area contributed by atoms with Gasteiger partial charge in [-0.05, 0) is 25.0 Å². The molecule has 0 aliphatic heterocycles. The van der Waals surface area contributed by atoms with Crippen LogP contribution in [0.2, 0.25) is 0 Å². The molecule has 0 atom stereocenters. The monoisotopic (exact) mass is 264 g/mol. The zero-order chi connectivity index (χ0) is 13.2. The van der Waals surface area contributed by atoms with Gasteiger partial charge < -0.3 is 5.32 Å². The first kappa shape index (κ1) is 12.4.